The lowest BCUT2D eigenvalue weighted by Gasteiger charge is -2.05. The molecule has 1 aromatic carbocycles. The Labute approximate surface area is 93.7 Å². The van der Waals surface area contributed by atoms with Crippen molar-refractivity contribution in [2.24, 2.45) is 5.73 Å². The van der Waals surface area contributed by atoms with Gasteiger partial charge in [-0.2, -0.15) is 5.10 Å². The molecule has 0 spiro atoms. The molecule has 1 amide bonds. The zero-order valence-corrected chi connectivity index (χ0v) is 9.27. The molecule has 0 saturated heterocycles. The van der Waals surface area contributed by atoms with Gasteiger partial charge < -0.3 is 5.73 Å². The van der Waals surface area contributed by atoms with Gasteiger partial charge in [-0.25, -0.2) is 4.68 Å². The van der Waals surface area contributed by atoms with Gasteiger partial charge in [0.05, 0.1) is 11.4 Å². The fourth-order valence-corrected chi connectivity index (χ4v) is 1.68. The number of nitrogens with two attached hydrogens (primary N) is 1. The topological polar surface area (TPSA) is 60.9 Å². The Morgan fingerprint density at radius 3 is 2.62 bits per heavy atom. The van der Waals surface area contributed by atoms with Crippen molar-refractivity contribution >= 4 is 5.91 Å². The summed E-state index contributed by atoms with van der Waals surface area (Å²) in [5.41, 5.74) is 8.55. The lowest BCUT2D eigenvalue weighted by molar-refractivity contribution is 0.100. The van der Waals surface area contributed by atoms with Crippen molar-refractivity contribution < 1.29 is 4.79 Å². The van der Waals surface area contributed by atoms with E-state index >= 15 is 0 Å². The first-order valence-corrected chi connectivity index (χ1v) is 5.01. The number of rotatable bonds is 2. The van der Waals surface area contributed by atoms with Crippen molar-refractivity contribution in [1.29, 1.82) is 0 Å². The first-order valence-electron chi connectivity index (χ1n) is 5.01. The van der Waals surface area contributed by atoms with Gasteiger partial charge >= 0.3 is 0 Å². The van der Waals surface area contributed by atoms with Gasteiger partial charge in [-0.3, -0.25) is 4.79 Å². The number of nitrogens with zero attached hydrogens (tertiary/aromatic N) is 2. The molecule has 82 valence electrons. The van der Waals surface area contributed by atoms with Crippen LogP contribution in [-0.4, -0.2) is 15.7 Å². The largest absolute Gasteiger partial charge is 0.366 e. The molecule has 4 nitrogen and oxygen atoms in total. The van der Waals surface area contributed by atoms with Crippen LogP contribution in [0.5, 0.6) is 0 Å². The van der Waals surface area contributed by atoms with Gasteiger partial charge in [-0.15, -0.1) is 0 Å². The zero-order valence-electron chi connectivity index (χ0n) is 9.27. The summed E-state index contributed by atoms with van der Waals surface area (Å²) < 4.78 is 1.79. The minimum absolute atomic E-state index is 0.427. The van der Waals surface area contributed by atoms with Crippen molar-refractivity contribution in [1.82, 2.24) is 9.78 Å². The number of amides is 1. The second kappa shape index (κ2) is 3.81. The second-order valence-corrected chi connectivity index (χ2v) is 3.75. The van der Waals surface area contributed by atoms with Crippen molar-refractivity contribution in [3.63, 3.8) is 0 Å². The number of hydrogen-bond donors (Lipinski definition) is 1. The van der Waals surface area contributed by atoms with E-state index in [2.05, 4.69) is 5.10 Å². The molecule has 2 aromatic rings. The van der Waals surface area contributed by atoms with Crippen LogP contribution in [0.15, 0.2) is 30.3 Å². The van der Waals surface area contributed by atoms with E-state index in [4.69, 9.17) is 5.73 Å². The molecule has 0 aliphatic heterocycles. The SMILES string of the molecule is Cc1cc(C)n(-c2cccc(C(N)=O)c2)n1. The summed E-state index contributed by atoms with van der Waals surface area (Å²) in [5.74, 6) is -0.427. The quantitative estimate of drug-likeness (QED) is 0.826. The molecule has 1 heterocycles. The van der Waals surface area contributed by atoms with Crippen LogP contribution >= 0.6 is 0 Å². The first kappa shape index (κ1) is 10.4. The molecule has 0 radical (unpaired) electrons. The fourth-order valence-electron chi connectivity index (χ4n) is 1.68. The number of carbonyl (C=O) groups is 1. The maximum absolute atomic E-state index is 11.1. The van der Waals surface area contributed by atoms with Gasteiger partial charge in [0.2, 0.25) is 5.91 Å². The number of aryl methyl sites for hydroxylation is 2. The highest BCUT2D eigenvalue weighted by Crippen LogP contribution is 2.13. The summed E-state index contributed by atoms with van der Waals surface area (Å²) in [5, 5.41) is 4.35. The van der Waals surface area contributed by atoms with Crippen molar-refractivity contribution in [2.45, 2.75) is 13.8 Å². The van der Waals surface area contributed by atoms with E-state index in [1.54, 1.807) is 22.9 Å². The predicted octanol–water partition coefficient (Wildman–Crippen LogP) is 1.59. The van der Waals surface area contributed by atoms with Crippen LogP contribution in [0, 0.1) is 13.8 Å². The van der Waals surface area contributed by atoms with Crippen molar-refractivity contribution in [2.75, 3.05) is 0 Å². The molecule has 0 unspecified atom stereocenters. The Bertz CT molecular complexity index is 543. The Morgan fingerprint density at radius 2 is 2.06 bits per heavy atom. The van der Waals surface area contributed by atoms with Crippen LogP contribution in [0.3, 0.4) is 0 Å². The van der Waals surface area contributed by atoms with Gasteiger partial charge in [0.25, 0.3) is 0 Å². The predicted molar refractivity (Wildman–Crippen MR) is 61.6 cm³/mol. The average molecular weight is 215 g/mol. The van der Waals surface area contributed by atoms with E-state index in [1.165, 1.54) is 0 Å². The maximum Gasteiger partial charge on any atom is 0.248 e. The normalized spacial score (nSPS) is 10.4. The lowest BCUT2D eigenvalue weighted by Crippen LogP contribution is -2.11. The number of aromatic nitrogens is 2. The zero-order chi connectivity index (χ0) is 11.7. The standard InChI is InChI=1S/C12H13N3O/c1-8-6-9(2)15(14-8)11-5-3-4-10(7-11)12(13)16/h3-7H,1-2H3,(H2,13,16). The highest BCUT2D eigenvalue weighted by Gasteiger charge is 2.06. The summed E-state index contributed by atoms with van der Waals surface area (Å²) in [4.78, 5) is 11.1. The molecule has 2 rings (SSSR count). The molecule has 0 saturated carbocycles. The fraction of sp³-hybridized carbons (Fsp3) is 0.167. The van der Waals surface area contributed by atoms with Gasteiger partial charge in [-0.1, -0.05) is 6.07 Å². The summed E-state index contributed by atoms with van der Waals surface area (Å²) in [7, 11) is 0. The van der Waals surface area contributed by atoms with Crippen LogP contribution in [0.1, 0.15) is 21.7 Å². The molecule has 0 fully saturated rings. The van der Waals surface area contributed by atoms with E-state index < -0.39 is 5.91 Å². The molecule has 0 aliphatic rings. The number of carbonyl (C=O) groups excluding carboxylic acids is 1. The monoisotopic (exact) mass is 215 g/mol. The van der Waals surface area contributed by atoms with Gasteiger partial charge in [-0.05, 0) is 38.1 Å². The van der Waals surface area contributed by atoms with E-state index in [1.807, 2.05) is 26.0 Å². The summed E-state index contributed by atoms with van der Waals surface area (Å²) in [6, 6.07) is 9.11. The molecule has 0 aliphatic carbocycles. The van der Waals surface area contributed by atoms with Gasteiger partial charge in [0.1, 0.15) is 0 Å². The highest BCUT2D eigenvalue weighted by molar-refractivity contribution is 5.93. The molecule has 0 bridgehead atoms. The number of benzene rings is 1. The minimum atomic E-state index is -0.427. The molecule has 16 heavy (non-hydrogen) atoms. The van der Waals surface area contributed by atoms with Gasteiger partial charge in [0.15, 0.2) is 0 Å². The molecule has 2 N–H and O–H groups in total. The van der Waals surface area contributed by atoms with Crippen LogP contribution in [0.2, 0.25) is 0 Å². The minimum Gasteiger partial charge on any atom is -0.366 e. The van der Waals surface area contributed by atoms with Crippen molar-refractivity contribution in [3.8, 4) is 5.69 Å². The van der Waals surface area contributed by atoms with E-state index in [0.717, 1.165) is 17.1 Å². The molecular formula is C12H13N3O. The molecular weight excluding hydrogens is 202 g/mol. The smallest absolute Gasteiger partial charge is 0.248 e. The van der Waals surface area contributed by atoms with E-state index in [0.29, 0.717) is 5.56 Å². The van der Waals surface area contributed by atoms with Gasteiger partial charge in [0, 0.05) is 11.3 Å². The molecule has 4 heteroatoms. The Kier molecular flexibility index (Phi) is 2.48. The third kappa shape index (κ3) is 1.82. The van der Waals surface area contributed by atoms with Crippen LogP contribution in [0.4, 0.5) is 0 Å². The van der Waals surface area contributed by atoms with Crippen molar-refractivity contribution in [3.05, 3.63) is 47.3 Å². The lowest BCUT2D eigenvalue weighted by atomic mass is 10.2. The van der Waals surface area contributed by atoms with Crippen LogP contribution < -0.4 is 5.73 Å². The average Bonchev–Trinajstić information content (AvgIpc) is 2.58. The second-order valence-electron chi connectivity index (χ2n) is 3.75. The number of hydrogen-bond acceptors (Lipinski definition) is 2. The summed E-state index contributed by atoms with van der Waals surface area (Å²) in [6.07, 6.45) is 0. The number of primary amides is 1. The Balaban J connectivity index is 2.52. The first-order chi connectivity index (χ1) is 7.58. The third-order valence-corrected chi connectivity index (χ3v) is 2.38. The summed E-state index contributed by atoms with van der Waals surface area (Å²) in [6.45, 7) is 3.90. The summed E-state index contributed by atoms with van der Waals surface area (Å²) >= 11 is 0. The molecule has 1 aromatic heterocycles. The molecule has 0 atom stereocenters. The van der Waals surface area contributed by atoms with Crippen LogP contribution in [0.25, 0.3) is 5.69 Å². The Hall–Kier alpha value is -2.10. The van der Waals surface area contributed by atoms with Crippen LogP contribution in [-0.2, 0) is 0 Å². The highest BCUT2D eigenvalue weighted by atomic mass is 16.1. The Morgan fingerprint density at radius 1 is 1.31 bits per heavy atom. The maximum atomic E-state index is 11.1. The van der Waals surface area contributed by atoms with E-state index in [9.17, 15) is 4.79 Å². The third-order valence-electron chi connectivity index (χ3n) is 2.38. The van der Waals surface area contributed by atoms with E-state index in [-0.39, 0.29) is 0 Å².